The topological polar surface area (TPSA) is 54.5 Å². The minimum absolute atomic E-state index is 0.0309. The van der Waals surface area contributed by atoms with Gasteiger partial charge in [0.1, 0.15) is 0 Å². The molecule has 18 heavy (non-hydrogen) atoms. The second-order valence-corrected chi connectivity index (χ2v) is 4.42. The van der Waals surface area contributed by atoms with Crippen LogP contribution < -0.4 is 5.32 Å². The van der Waals surface area contributed by atoms with Gasteiger partial charge in [0.25, 0.3) is 0 Å². The maximum absolute atomic E-state index is 11.5. The maximum atomic E-state index is 11.5. The highest BCUT2D eigenvalue weighted by atomic mass is 35.5. The van der Waals surface area contributed by atoms with Gasteiger partial charge >= 0.3 is 0 Å². The highest BCUT2D eigenvalue weighted by Gasteiger charge is 2.07. The lowest BCUT2D eigenvalue weighted by molar-refractivity contribution is -0.122. The zero-order chi connectivity index (χ0) is 13.4. The standard InChI is InChI=1S/C12H18ClN3O2/c1-16(9-12(17)15-5-6-18-2)8-11-7-10(13)3-4-14-11/h3-4,7H,5-6,8-9H2,1-2H3,(H,15,17). The monoisotopic (exact) mass is 271 g/mol. The van der Waals surface area contributed by atoms with Crippen LogP contribution in [0.4, 0.5) is 0 Å². The minimum Gasteiger partial charge on any atom is -0.383 e. The largest absolute Gasteiger partial charge is 0.383 e. The molecule has 1 rings (SSSR count). The molecule has 0 saturated carbocycles. The molecule has 0 radical (unpaired) electrons. The lowest BCUT2D eigenvalue weighted by Crippen LogP contribution is -2.36. The molecule has 0 spiro atoms. The summed E-state index contributed by atoms with van der Waals surface area (Å²) in [5.41, 5.74) is 0.842. The Hall–Kier alpha value is -1.17. The van der Waals surface area contributed by atoms with Crippen molar-refractivity contribution in [2.24, 2.45) is 0 Å². The second kappa shape index (κ2) is 8.02. The number of methoxy groups -OCH3 is 1. The molecule has 0 saturated heterocycles. The number of carbonyl (C=O) groups excluding carboxylic acids is 1. The van der Waals surface area contributed by atoms with E-state index < -0.39 is 0 Å². The fourth-order valence-corrected chi connectivity index (χ4v) is 1.64. The van der Waals surface area contributed by atoms with Gasteiger partial charge in [-0.25, -0.2) is 0 Å². The predicted octanol–water partition coefficient (Wildman–Crippen LogP) is 0.929. The van der Waals surface area contributed by atoms with Gasteiger partial charge in [-0.1, -0.05) is 11.6 Å². The first-order valence-electron chi connectivity index (χ1n) is 5.66. The smallest absolute Gasteiger partial charge is 0.234 e. The van der Waals surface area contributed by atoms with Gasteiger partial charge in [0, 0.05) is 31.4 Å². The molecule has 1 aromatic rings. The molecule has 0 atom stereocenters. The molecule has 0 aliphatic carbocycles. The van der Waals surface area contributed by atoms with Crippen molar-refractivity contribution in [3.8, 4) is 0 Å². The van der Waals surface area contributed by atoms with Gasteiger partial charge in [0.15, 0.2) is 0 Å². The predicted molar refractivity (Wildman–Crippen MR) is 70.5 cm³/mol. The fourth-order valence-electron chi connectivity index (χ4n) is 1.46. The number of nitrogens with one attached hydrogen (secondary N) is 1. The summed E-state index contributed by atoms with van der Waals surface area (Å²) in [7, 11) is 3.46. The Morgan fingerprint density at radius 3 is 3.06 bits per heavy atom. The van der Waals surface area contributed by atoms with E-state index in [1.807, 2.05) is 11.9 Å². The van der Waals surface area contributed by atoms with Gasteiger partial charge < -0.3 is 10.1 Å². The normalized spacial score (nSPS) is 10.7. The van der Waals surface area contributed by atoms with E-state index in [1.54, 1.807) is 25.4 Å². The Balaban J connectivity index is 2.32. The molecule has 6 heteroatoms. The zero-order valence-electron chi connectivity index (χ0n) is 10.6. The molecule has 0 unspecified atom stereocenters. The SMILES string of the molecule is COCCNC(=O)CN(C)Cc1cc(Cl)ccn1. The van der Waals surface area contributed by atoms with Gasteiger partial charge in [-0.15, -0.1) is 0 Å². The average molecular weight is 272 g/mol. The molecule has 100 valence electrons. The quantitative estimate of drug-likeness (QED) is 0.750. The third-order valence-corrected chi connectivity index (χ3v) is 2.49. The minimum atomic E-state index is -0.0309. The van der Waals surface area contributed by atoms with Crippen LogP contribution >= 0.6 is 11.6 Å². The molecule has 0 bridgehead atoms. The molecule has 0 aliphatic heterocycles. The van der Waals surface area contributed by atoms with E-state index in [2.05, 4.69) is 10.3 Å². The summed E-state index contributed by atoms with van der Waals surface area (Å²) in [6.45, 7) is 1.94. The second-order valence-electron chi connectivity index (χ2n) is 3.98. The van der Waals surface area contributed by atoms with E-state index in [0.29, 0.717) is 31.3 Å². The van der Waals surface area contributed by atoms with E-state index in [0.717, 1.165) is 5.69 Å². The Morgan fingerprint density at radius 1 is 1.61 bits per heavy atom. The number of hydrogen-bond acceptors (Lipinski definition) is 4. The van der Waals surface area contributed by atoms with E-state index in [4.69, 9.17) is 16.3 Å². The van der Waals surface area contributed by atoms with E-state index in [1.165, 1.54) is 0 Å². The lowest BCUT2D eigenvalue weighted by Gasteiger charge is -2.15. The van der Waals surface area contributed by atoms with Crippen molar-refractivity contribution in [1.82, 2.24) is 15.2 Å². The highest BCUT2D eigenvalue weighted by molar-refractivity contribution is 6.30. The summed E-state index contributed by atoms with van der Waals surface area (Å²) in [5.74, 6) is -0.0309. The molecular weight excluding hydrogens is 254 g/mol. The Morgan fingerprint density at radius 2 is 2.39 bits per heavy atom. The summed E-state index contributed by atoms with van der Waals surface area (Å²) in [4.78, 5) is 17.6. The number of likely N-dealkylation sites (N-methyl/N-ethyl adjacent to an activating group) is 1. The fraction of sp³-hybridized carbons (Fsp3) is 0.500. The van der Waals surface area contributed by atoms with Crippen LogP contribution in [0.3, 0.4) is 0 Å². The zero-order valence-corrected chi connectivity index (χ0v) is 11.4. The summed E-state index contributed by atoms with van der Waals surface area (Å²) in [6.07, 6.45) is 1.66. The first kappa shape index (κ1) is 14.9. The lowest BCUT2D eigenvalue weighted by atomic mass is 10.3. The van der Waals surface area contributed by atoms with Crippen LogP contribution in [0.1, 0.15) is 5.69 Å². The number of halogens is 1. The van der Waals surface area contributed by atoms with Crippen LogP contribution in [0.15, 0.2) is 18.3 Å². The third kappa shape index (κ3) is 5.95. The summed E-state index contributed by atoms with van der Waals surface area (Å²) < 4.78 is 4.85. The van der Waals surface area contributed by atoms with Crippen molar-refractivity contribution in [3.63, 3.8) is 0 Å². The van der Waals surface area contributed by atoms with Crippen LogP contribution in [-0.4, -0.2) is 49.6 Å². The number of hydrogen-bond donors (Lipinski definition) is 1. The maximum Gasteiger partial charge on any atom is 0.234 e. The van der Waals surface area contributed by atoms with E-state index >= 15 is 0 Å². The molecule has 1 heterocycles. The van der Waals surface area contributed by atoms with E-state index in [-0.39, 0.29) is 5.91 Å². The van der Waals surface area contributed by atoms with Crippen molar-refractivity contribution >= 4 is 17.5 Å². The van der Waals surface area contributed by atoms with Crippen LogP contribution in [0, 0.1) is 0 Å². The molecule has 1 aromatic heterocycles. The van der Waals surface area contributed by atoms with Crippen molar-refractivity contribution in [2.45, 2.75) is 6.54 Å². The summed E-state index contributed by atoms with van der Waals surface area (Å²) in [5, 5.41) is 3.41. The Labute approximate surface area is 112 Å². The highest BCUT2D eigenvalue weighted by Crippen LogP contribution is 2.09. The van der Waals surface area contributed by atoms with Gasteiger partial charge in [-0.3, -0.25) is 14.7 Å². The number of rotatable bonds is 7. The summed E-state index contributed by atoms with van der Waals surface area (Å²) >= 11 is 5.87. The summed E-state index contributed by atoms with van der Waals surface area (Å²) in [6, 6.07) is 3.52. The number of aromatic nitrogens is 1. The van der Waals surface area contributed by atoms with Crippen LogP contribution in [0.2, 0.25) is 5.02 Å². The Kier molecular flexibility index (Phi) is 6.64. The van der Waals surface area contributed by atoms with Crippen LogP contribution in [0.5, 0.6) is 0 Å². The van der Waals surface area contributed by atoms with Crippen LogP contribution in [0.25, 0.3) is 0 Å². The van der Waals surface area contributed by atoms with Crippen LogP contribution in [-0.2, 0) is 16.1 Å². The van der Waals surface area contributed by atoms with Gasteiger partial charge in [0.05, 0.1) is 18.8 Å². The number of nitrogens with zero attached hydrogens (tertiary/aromatic N) is 2. The van der Waals surface area contributed by atoms with Gasteiger partial charge in [0.2, 0.25) is 5.91 Å². The number of ether oxygens (including phenoxy) is 1. The average Bonchev–Trinajstić information content (AvgIpc) is 2.29. The van der Waals surface area contributed by atoms with Gasteiger partial charge in [-0.05, 0) is 19.2 Å². The van der Waals surface area contributed by atoms with Crippen molar-refractivity contribution in [1.29, 1.82) is 0 Å². The van der Waals surface area contributed by atoms with Gasteiger partial charge in [-0.2, -0.15) is 0 Å². The third-order valence-electron chi connectivity index (χ3n) is 2.25. The molecule has 1 amide bonds. The van der Waals surface area contributed by atoms with Crippen molar-refractivity contribution < 1.29 is 9.53 Å². The number of pyridine rings is 1. The van der Waals surface area contributed by atoms with E-state index in [9.17, 15) is 4.79 Å². The molecule has 5 nitrogen and oxygen atoms in total. The molecule has 1 N–H and O–H groups in total. The first-order chi connectivity index (χ1) is 8.61. The number of amides is 1. The number of carbonyl (C=O) groups is 1. The molecule has 0 fully saturated rings. The Bertz CT molecular complexity index is 387. The first-order valence-corrected chi connectivity index (χ1v) is 6.04. The molecule has 0 aromatic carbocycles. The van der Waals surface area contributed by atoms with Crippen molar-refractivity contribution in [2.75, 3.05) is 33.9 Å². The molecule has 0 aliphatic rings. The molecular formula is C12H18ClN3O2. The van der Waals surface area contributed by atoms with Crippen molar-refractivity contribution in [3.05, 3.63) is 29.0 Å².